The summed E-state index contributed by atoms with van der Waals surface area (Å²) in [4.78, 5) is 11.4. The predicted octanol–water partition coefficient (Wildman–Crippen LogP) is 1.24. The molecule has 0 aromatic heterocycles. The van der Waals surface area contributed by atoms with Gasteiger partial charge in [0, 0.05) is 25.6 Å². The van der Waals surface area contributed by atoms with Crippen molar-refractivity contribution in [2.45, 2.75) is 37.1 Å². The Morgan fingerprint density at radius 1 is 1.36 bits per heavy atom. The second kappa shape index (κ2) is 6.90. The minimum Gasteiger partial charge on any atom is -0.353 e. The Hall–Kier alpha value is -1.91. The third-order valence-corrected chi connectivity index (χ3v) is 5.72. The predicted molar refractivity (Wildman–Crippen MR) is 81.4 cm³/mol. The van der Waals surface area contributed by atoms with E-state index in [0.29, 0.717) is 32.4 Å². The first kappa shape index (κ1) is 16.5. The molecule has 0 atom stereocenters. The first-order valence-electron chi connectivity index (χ1n) is 7.27. The maximum absolute atomic E-state index is 12.6. The first-order valence-corrected chi connectivity index (χ1v) is 8.71. The second-order valence-electron chi connectivity index (χ2n) is 5.21. The molecule has 1 saturated heterocycles. The van der Waals surface area contributed by atoms with Crippen molar-refractivity contribution in [3.63, 3.8) is 0 Å². The molecule has 1 fully saturated rings. The summed E-state index contributed by atoms with van der Waals surface area (Å²) < 4.78 is 26.7. The molecule has 1 N–H and O–H groups in total. The van der Waals surface area contributed by atoms with Crippen LogP contribution in [0.5, 0.6) is 0 Å². The summed E-state index contributed by atoms with van der Waals surface area (Å²) >= 11 is 0. The SMILES string of the molecule is CCC(=O)NC1CCN(S(=O)(=O)c2ccccc2C#N)CC1. The first-order chi connectivity index (χ1) is 10.5. The van der Waals surface area contributed by atoms with Crippen LogP contribution < -0.4 is 5.32 Å². The summed E-state index contributed by atoms with van der Waals surface area (Å²) in [7, 11) is -3.66. The van der Waals surface area contributed by atoms with Gasteiger partial charge in [0.25, 0.3) is 0 Å². The van der Waals surface area contributed by atoms with Crippen molar-refractivity contribution in [3.8, 4) is 6.07 Å². The van der Waals surface area contributed by atoms with Gasteiger partial charge in [-0.2, -0.15) is 9.57 Å². The van der Waals surface area contributed by atoms with Gasteiger partial charge in [0.2, 0.25) is 15.9 Å². The average Bonchev–Trinajstić information content (AvgIpc) is 2.55. The maximum Gasteiger partial charge on any atom is 0.244 e. The van der Waals surface area contributed by atoms with E-state index in [1.165, 1.54) is 16.4 Å². The van der Waals surface area contributed by atoms with Crippen molar-refractivity contribution >= 4 is 15.9 Å². The number of nitrogens with one attached hydrogen (secondary N) is 1. The lowest BCUT2D eigenvalue weighted by Gasteiger charge is -2.31. The summed E-state index contributed by atoms with van der Waals surface area (Å²) in [5, 5.41) is 12.0. The van der Waals surface area contributed by atoms with Gasteiger partial charge in [0.15, 0.2) is 0 Å². The Labute approximate surface area is 130 Å². The van der Waals surface area contributed by atoms with E-state index < -0.39 is 10.0 Å². The molecule has 0 unspecified atom stereocenters. The fourth-order valence-electron chi connectivity index (χ4n) is 2.49. The highest BCUT2D eigenvalue weighted by atomic mass is 32.2. The number of nitriles is 1. The molecule has 1 aliphatic rings. The van der Waals surface area contributed by atoms with E-state index >= 15 is 0 Å². The number of sulfonamides is 1. The molecule has 6 nitrogen and oxygen atoms in total. The molecule has 7 heteroatoms. The van der Waals surface area contributed by atoms with Gasteiger partial charge in [-0.1, -0.05) is 19.1 Å². The van der Waals surface area contributed by atoms with Gasteiger partial charge in [-0.3, -0.25) is 4.79 Å². The summed E-state index contributed by atoms with van der Waals surface area (Å²) in [6.07, 6.45) is 1.59. The lowest BCUT2D eigenvalue weighted by molar-refractivity contribution is -0.121. The van der Waals surface area contributed by atoms with E-state index in [4.69, 9.17) is 5.26 Å². The Kier molecular flexibility index (Phi) is 5.16. The molecule has 0 radical (unpaired) electrons. The molecule has 2 rings (SSSR count). The van der Waals surface area contributed by atoms with E-state index in [9.17, 15) is 13.2 Å². The van der Waals surface area contributed by atoms with Gasteiger partial charge in [-0.25, -0.2) is 8.42 Å². The van der Waals surface area contributed by atoms with Crippen LogP contribution in [0.2, 0.25) is 0 Å². The summed E-state index contributed by atoms with van der Waals surface area (Å²) in [5.74, 6) is -0.0175. The Morgan fingerprint density at radius 2 is 2.00 bits per heavy atom. The molecule has 22 heavy (non-hydrogen) atoms. The van der Waals surface area contributed by atoms with Crippen LogP contribution in [0.1, 0.15) is 31.7 Å². The second-order valence-corrected chi connectivity index (χ2v) is 7.11. The minimum absolute atomic E-state index is 0.0175. The van der Waals surface area contributed by atoms with Gasteiger partial charge in [-0.05, 0) is 25.0 Å². The fourth-order valence-corrected chi connectivity index (χ4v) is 4.11. The number of carbonyl (C=O) groups is 1. The Morgan fingerprint density at radius 3 is 2.59 bits per heavy atom. The van der Waals surface area contributed by atoms with E-state index in [1.807, 2.05) is 6.07 Å². The molecular formula is C15H19N3O3S. The van der Waals surface area contributed by atoms with Gasteiger partial charge in [0.1, 0.15) is 6.07 Å². The number of carbonyl (C=O) groups excluding carboxylic acids is 1. The third kappa shape index (κ3) is 3.46. The fraction of sp³-hybridized carbons (Fsp3) is 0.467. The Bertz CT molecular complexity index is 686. The number of hydrogen-bond donors (Lipinski definition) is 1. The zero-order chi connectivity index (χ0) is 16.2. The van der Waals surface area contributed by atoms with Crippen LogP contribution in [-0.4, -0.2) is 37.8 Å². The van der Waals surface area contributed by atoms with Crippen LogP contribution in [0.3, 0.4) is 0 Å². The lowest BCUT2D eigenvalue weighted by Crippen LogP contribution is -2.46. The standard InChI is InChI=1S/C15H19N3O3S/c1-2-15(19)17-13-7-9-18(10-8-13)22(20,21)14-6-4-3-5-12(14)11-16/h3-6,13H,2,7-10H2,1H3,(H,17,19). The lowest BCUT2D eigenvalue weighted by atomic mass is 10.1. The zero-order valence-electron chi connectivity index (χ0n) is 12.4. The number of amides is 1. The van der Waals surface area contributed by atoms with Crippen LogP contribution in [0.25, 0.3) is 0 Å². The summed E-state index contributed by atoms with van der Waals surface area (Å²) in [6.45, 7) is 2.47. The highest BCUT2D eigenvalue weighted by Gasteiger charge is 2.31. The summed E-state index contributed by atoms with van der Waals surface area (Å²) in [5.41, 5.74) is 0.156. The van der Waals surface area contributed by atoms with Crippen molar-refractivity contribution in [1.29, 1.82) is 5.26 Å². The van der Waals surface area contributed by atoms with Crippen molar-refractivity contribution in [2.24, 2.45) is 0 Å². The largest absolute Gasteiger partial charge is 0.353 e. The van der Waals surface area contributed by atoms with Gasteiger partial charge >= 0.3 is 0 Å². The van der Waals surface area contributed by atoms with Crippen LogP contribution in [0.4, 0.5) is 0 Å². The highest BCUT2D eigenvalue weighted by molar-refractivity contribution is 7.89. The van der Waals surface area contributed by atoms with Gasteiger partial charge in [0.05, 0.1) is 10.5 Å². The zero-order valence-corrected chi connectivity index (χ0v) is 13.3. The summed E-state index contributed by atoms with van der Waals surface area (Å²) in [6, 6.07) is 8.15. The molecular weight excluding hydrogens is 302 g/mol. The number of rotatable bonds is 4. The number of piperidine rings is 1. The molecule has 1 aromatic rings. The molecule has 1 heterocycles. The van der Waals surface area contributed by atoms with Crippen LogP contribution in [0, 0.1) is 11.3 Å². The third-order valence-electron chi connectivity index (χ3n) is 3.77. The monoisotopic (exact) mass is 321 g/mol. The topological polar surface area (TPSA) is 90.3 Å². The molecule has 0 bridgehead atoms. The minimum atomic E-state index is -3.66. The molecule has 118 valence electrons. The number of hydrogen-bond acceptors (Lipinski definition) is 4. The van der Waals surface area contributed by atoms with E-state index in [-0.39, 0.29) is 22.4 Å². The number of benzene rings is 1. The molecule has 0 aliphatic carbocycles. The highest BCUT2D eigenvalue weighted by Crippen LogP contribution is 2.23. The Balaban J connectivity index is 2.10. The molecule has 0 spiro atoms. The van der Waals surface area contributed by atoms with Crippen molar-refractivity contribution in [1.82, 2.24) is 9.62 Å². The van der Waals surface area contributed by atoms with Crippen LogP contribution in [0.15, 0.2) is 29.2 Å². The van der Waals surface area contributed by atoms with Crippen molar-refractivity contribution < 1.29 is 13.2 Å². The average molecular weight is 321 g/mol. The van der Waals surface area contributed by atoms with Gasteiger partial charge < -0.3 is 5.32 Å². The van der Waals surface area contributed by atoms with E-state index in [2.05, 4.69) is 5.32 Å². The molecule has 1 amide bonds. The van der Waals surface area contributed by atoms with E-state index in [1.54, 1.807) is 19.1 Å². The molecule has 0 saturated carbocycles. The normalized spacial score (nSPS) is 16.9. The van der Waals surface area contributed by atoms with Crippen molar-refractivity contribution in [3.05, 3.63) is 29.8 Å². The maximum atomic E-state index is 12.6. The van der Waals surface area contributed by atoms with Crippen LogP contribution >= 0.6 is 0 Å². The van der Waals surface area contributed by atoms with Crippen LogP contribution in [-0.2, 0) is 14.8 Å². The number of nitrogens with zero attached hydrogens (tertiary/aromatic N) is 2. The smallest absolute Gasteiger partial charge is 0.244 e. The van der Waals surface area contributed by atoms with Crippen molar-refractivity contribution in [2.75, 3.05) is 13.1 Å². The quantitative estimate of drug-likeness (QED) is 0.903. The molecule has 1 aromatic carbocycles. The van der Waals surface area contributed by atoms with Gasteiger partial charge in [-0.15, -0.1) is 0 Å². The van der Waals surface area contributed by atoms with E-state index in [0.717, 1.165) is 0 Å². The molecule has 1 aliphatic heterocycles.